The first-order valence-electron chi connectivity index (χ1n) is 7.70. The predicted molar refractivity (Wildman–Crippen MR) is 89.9 cm³/mol. The van der Waals surface area contributed by atoms with Gasteiger partial charge in [0.05, 0.1) is 23.1 Å². The van der Waals surface area contributed by atoms with Gasteiger partial charge in [0.2, 0.25) is 0 Å². The van der Waals surface area contributed by atoms with E-state index >= 15 is 0 Å². The molecule has 3 rings (SSSR count). The summed E-state index contributed by atoms with van der Waals surface area (Å²) < 4.78 is 1.74. The molecule has 1 amide bonds. The molecular weight excluding hydrogens is 330 g/mol. The zero-order valence-corrected chi connectivity index (χ0v) is 14.2. The van der Waals surface area contributed by atoms with Crippen LogP contribution in [0.5, 0.6) is 0 Å². The average molecular weight is 348 g/mol. The first kappa shape index (κ1) is 16.5. The lowest BCUT2D eigenvalue weighted by Gasteiger charge is -2.15. The number of carbonyl (C=O) groups excluding carboxylic acids is 1. The fourth-order valence-electron chi connectivity index (χ4n) is 2.67. The van der Waals surface area contributed by atoms with Crippen molar-refractivity contribution >= 4 is 23.5 Å². The van der Waals surface area contributed by atoms with Gasteiger partial charge in [-0.25, -0.2) is 4.68 Å². The molecule has 0 atom stereocenters. The highest BCUT2D eigenvalue weighted by Gasteiger charge is 2.34. The number of aliphatic carboxylic acids is 1. The summed E-state index contributed by atoms with van der Waals surface area (Å²) in [4.78, 5) is 24.6. The summed E-state index contributed by atoms with van der Waals surface area (Å²) in [6.07, 6.45) is 3.50. The Labute approximate surface area is 144 Å². The van der Waals surface area contributed by atoms with E-state index in [1.54, 1.807) is 4.68 Å². The van der Waals surface area contributed by atoms with E-state index < -0.39 is 5.97 Å². The van der Waals surface area contributed by atoms with E-state index in [0.29, 0.717) is 10.6 Å². The molecule has 0 aliphatic heterocycles. The molecule has 1 N–H and O–H groups in total. The van der Waals surface area contributed by atoms with E-state index in [4.69, 9.17) is 16.7 Å². The van der Waals surface area contributed by atoms with Crippen molar-refractivity contribution in [3.63, 3.8) is 0 Å². The van der Waals surface area contributed by atoms with Crippen molar-refractivity contribution in [3.8, 4) is 5.69 Å². The molecule has 0 radical (unpaired) electrons. The molecule has 1 aromatic carbocycles. The van der Waals surface area contributed by atoms with Gasteiger partial charge in [0.15, 0.2) is 0 Å². The van der Waals surface area contributed by atoms with Gasteiger partial charge in [-0.15, -0.1) is 0 Å². The summed E-state index contributed by atoms with van der Waals surface area (Å²) in [7, 11) is 1.48. The lowest BCUT2D eigenvalue weighted by Crippen LogP contribution is -2.32. The largest absolute Gasteiger partial charge is 0.480 e. The normalized spacial score (nSPS) is 13.8. The van der Waals surface area contributed by atoms with E-state index in [0.717, 1.165) is 29.8 Å². The Balaban J connectivity index is 2.01. The third-order valence-corrected chi connectivity index (χ3v) is 4.53. The number of hydrogen-bond donors (Lipinski definition) is 1. The molecule has 0 saturated heterocycles. The number of aryl methyl sites for hydroxylation is 1. The maximum atomic E-state index is 12.6. The van der Waals surface area contributed by atoms with Crippen LogP contribution in [0.4, 0.5) is 0 Å². The minimum atomic E-state index is -1.04. The number of aromatic nitrogens is 2. The zero-order valence-electron chi connectivity index (χ0n) is 13.5. The van der Waals surface area contributed by atoms with E-state index in [1.807, 2.05) is 25.1 Å². The maximum absolute atomic E-state index is 12.6. The van der Waals surface area contributed by atoms with Crippen LogP contribution >= 0.6 is 11.6 Å². The molecule has 1 heterocycles. The summed E-state index contributed by atoms with van der Waals surface area (Å²) >= 11 is 6.21. The van der Waals surface area contributed by atoms with Crippen molar-refractivity contribution in [1.82, 2.24) is 14.7 Å². The summed E-state index contributed by atoms with van der Waals surface area (Å²) in [5.74, 6) is -1.11. The van der Waals surface area contributed by atoms with Gasteiger partial charge in [-0.05, 0) is 37.5 Å². The number of likely N-dealkylation sites (N-methyl/N-ethyl adjacent to an activating group) is 1. The highest BCUT2D eigenvalue weighted by atomic mass is 35.5. The van der Waals surface area contributed by atoms with Crippen LogP contribution in [-0.4, -0.2) is 45.3 Å². The summed E-state index contributed by atoms with van der Waals surface area (Å²) in [6, 6.07) is 5.65. The second kappa shape index (κ2) is 6.28. The number of carbonyl (C=O) groups is 2. The van der Waals surface area contributed by atoms with Gasteiger partial charge in [0, 0.05) is 18.0 Å². The molecule has 126 valence electrons. The van der Waals surface area contributed by atoms with Crippen LogP contribution in [0, 0.1) is 6.92 Å². The highest BCUT2D eigenvalue weighted by Crippen LogP contribution is 2.42. The average Bonchev–Trinajstić information content (AvgIpc) is 3.27. The first-order valence-corrected chi connectivity index (χ1v) is 8.08. The van der Waals surface area contributed by atoms with Crippen molar-refractivity contribution in [1.29, 1.82) is 0 Å². The van der Waals surface area contributed by atoms with Gasteiger partial charge in [-0.1, -0.05) is 17.7 Å². The summed E-state index contributed by atoms with van der Waals surface area (Å²) in [5, 5.41) is 13.9. The topological polar surface area (TPSA) is 75.4 Å². The predicted octanol–water partition coefficient (Wildman–Crippen LogP) is 2.87. The van der Waals surface area contributed by atoms with E-state index in [2.05, 4.69) is 5.10 Å². The van der Waals surface area contributed by atoms with Crippen LogP contribution in [0.15, 0.2) is 24.4 Å². The van der Waals surface area contributed by atoms with Gasteiger partial charge < -0.3 is 10.0 Å². The van der Waals surface area contributed by atoms with Gasteiger partial charge >= 0.3 is 5.97 Å². The lowest BCUT2D eigenvalue weighted by atomic mass is 10.1. The second-order valence-corrected chi connectivity index (χ2v) is 6.53. The molecule has 2 aromatic rings. The number of nitrogens with zero attached hydrogens (tertiary/aromatic N) is 3. The number of benzene rings is 1. The standard InChI is InChI=1S/C17H18ClN3O3/c1-10-3-6-12(7-14(10)18)21-16(11-4-5-11)13(8-19-21)17(24)20(2)9-15(22)23/h3,6-8,11H,4-5,9H2,1-2H3,(H,22,23). The molecule has 0 bridgehead atoms. The monoisotopic (exact) mass is 347 g/mol. The molecule has 7 heteroatoms. The van der Waals surface area contributed by atoms with Crippen molar-refractivity contribution in [3.05, 3.63) is 46.2 Å². The van der Waals surface area contributed by atoms with E-state index in [-0.39, 0.29) is 18.4 Å². The maximum Gasteiger partial charge on any atom is 0.323 e. The van der Waals surface area contributed by atoms with Crippen LogP contribution in [0.25, 0.3) is 5.69 Å². The number of rotatable bonds is 5. The molecule has 6 nitrogen and oxygen atoms in total. The Morgan fingerprint density at radius 1 is 1.42 bits per heavy atom. The molecule has 0 spiro atoms. The molecule has 1 saturated carbocycles. The van der Waals surface area contributed by atoms with Gasteiger partial charge in [-0.3, -0.25) is 9.59 Å². The Bertz CT molecular complexity index is 811. The van der Waals surface area contributed by atoms with Crippen LogP contribution in [0.3, 0.4) is 0 Å². The molecule has 0 unspecified atom stereocenters. The molecule has 1 aromatic heterocycles. The molecular formula is C17H18ClN3O3. The number of carboxylic acids is 1. The molecule has 1 fully saturated rings. The third kappa shape index (κ3) is 3.14. The highest BCUT2D eigenvalue weighted by molar-refractivity contribution is 6.31. The molecule has 1 aliphatic rings. The Morgan fingerprint density at radius 3 is 2.71 bits per heavy atom. The number of hydrogen-bond acceptors (Lipinski definition) is 3. The Morgan fingerprint density at radius 2 is 2.12 bits per heavy atom. The number of halogens is 1. The van der Waals surface area contributed by atoms with Crippen LogP contribution in [-0.2, 0) is 4.79 Å². The van der Waals surface area contributed by atoms with Gasteiger partial charge in [-0.2, -0.15) is 5.10 Å². The summed E-state index contributed by atoms with van der Waals surface area (Å²) in [6.45, 7) is 1.58. The fourth-order valence-corrected chi connectivity index (χ4v) is 2.85. The van der Waals surface area contributed by atoms with Crippen LogP contribution in [0.1, 0.15) is 40.4 Å². The summed E-state index contributed by atoms with van der Waals surface area (Å²) in [5.41, 5.74) is 3.06. The lowest BCUT2D eigenvalue weighted by molar-refractivity contribution is -0.137. The smallest absolute Gasteiger partial charge is 0.323 e. The van der Waals surface area contributed by atoms with Crippen LogP contribution in [0.2, 0.25) is 5.02 Å². The molecule has 24 heavy (non-hydrogen) atoms. The van der Waals surface area contributed by atoms with Gasteiger partial charge in [0.25, 0.3) is 5.91 Å². The van der Waals surface area contributed by atoms with E-state index in [9.17, 15) is 9.59 Å². The van der Waals surface area contributed by atoms with E-state index in [1.165, 1.54) is 18.1 Å². The van der Waals surface area contributed by atoms with Gasteiger partial charge in [0.1, 0.15) is 6.54 Å². The first-order chi connectivity index (χ1) is 11.4. The van der Waals surface area contributed by atoms with Crippen molar-refractivity contribution in [2.45, 2.75) is 25.7 Å². The van der Waals surface area contributed by atoms with Crippen LogP contribution < -0.4 is 0 Å². The van der Waals surface area contributed by atoms with Crippen molar-refractivity contribution < 1.29 is 14.7 Å². The fraction of sp³-hybridized carbons (Fsp3) is 0.353. The molecule has 1 aliphatic carbocycles. The Kier molecular flexibility index (Phi) is 4.32. The zero-order chi connectivity index (χ0) is 17.4. The van der Waals surface area contributed by atoms with Crippen molar-refractivity contribution in [2.24, 2.45) is 0 Å². The second-order valence-electron chi connectivity index (χ2n) is 6.12. The van der Waals surface area contributed by atoms with Crippen molar-refractivity contribution in [2.75, 3.05) is 13.6 Å². The Hall–Kier alpha value is -2.34. The SMILES string of the molecule is Cc1ccc(-n2ncc(C(=O)N(C)CC(=O)O)c2C2CC2)cc1Cl. The number of amides is 1. The quantitative estimate of drug-likeness (QED) is 0.902. The minimum Gasteiger partial charge on any atom is -0.480 e. The third-order valence-electron chi connectivity index (χ3n) is 4.12. The number of carboxylic acid groups (broad SMARTS) is 1. The minimum absolute atomic E-state index is 0.268.